The van der Waals surface area contributed by atoms with Crippen LogP contribution in [0.2, 0.25) is 0 Å². The number of benzene rings is 6. The molecule has 0 amide bonds. The Morgan fingerprint density at radius 3 is 2.07 bits per heavy atom. The van der Waals surface area contributed by atoms with Crippen molar-refractivity contribution in [3.05, 3.63) is 219 Å². The zero-order valence-corrected chi connectivity index (χ0v) is 41.7. The minimum atomic E-state index is 0.158. The van der Waals surface area contributed by atoms with Gasteiger partial charge in [0.15, 0.2) is 0 Å². The smallest absolute Gasteiger partial charge is 0.238 e. The third-order valence-electron chi connectivity index (χ3n) is 15.1. The Bertz CT molecular complexity index is 2810. The highest BCUT2D eigenvalue weighted by molar-refractivity contribution is 6.92. The van der Waals surface area contributed by atoms with Crippen molar-refractivity contribution in [1.82, 2.24) is 0 Å². The predicted octanol–water partition coefficient (Wildman–Crippen LogP) is 16.0. The van der Waals surface area contributed by atoms with Gasteiger partial charge in [-0.1, -0.05) is 209 Å². The molecule has 2 bridgehead atoms. The predicted molar refractivity (Wildman–Crippen MR) is 294 cm³/mol. The molecule has 0 aromatic heterocycles. The maximum absolute atomic E-state index is 8.98. The minimum absolute atomic E-state index is 0.158. The molecule has 2 nitrogen and oxygen atoms in total. The summed E-state index contributed by atoms with van der Waals surface area (Å²) in [6.07, 6.45) is 23.8. The Kier molecular flexibility index (Phi) is 14.7. The minimum Gasteiger partial charge on any atom is -0.355 e. The van der Waals surface area contributed by atoms with Crippen LogP contribution in [0.1, 0.15) is 116 Å². The monoisotopic (exact) mass is 879 g/mol. The van der Waals surface area contributed by atoms with E-state index in [-0.39, 0.29) is 18.0 Å². The van der Waals surface area contributed by atoms with E-state index < -0.39 is 0 Å². The molecule has 2 aliphatic carbocycles. The molecule has 340 valence electrons. The summed E-state index contributed by atoms with van der Waals surface area (Å²) in [5.74, 6) is 0.994. The molecule has 67 heavy (non-hydrogen) atoms. The molecule has 2 aliphatic rings. The van der Waals surface area contributed by atoms with Crippen molar-refractivity contribution >= 4 is 51.1 Å². The van der Waals surface area contributed by atoms with E-state index in [1.807, 2.05) is 12.2 Å². The average molecular weight is 879 g/mol. The maximum atomic E-state index is 8.98. The van der Waals surface area contributed by atoms with Crippen molar-refractivity contribution in [3.8, 4) is 0 Å². The lowest BCUT2D eigenvalue weighted by atomic mass is 9.33. The Hall–Kier alpha value is -6.19. The van der Waals surface area contributed by atoms with Crippen LogP contribution in [-0.2, 0) is 5.41 Å². The second-order valence-electron chi connectivity index (χ2n) is 20.2. The van der Waals surface area contributed by atoms with Gasteiger partial charge in [0.05, 0.1) is 5.71 Å². The van der Waals surface area contributed by atoms with E-state index in [0.29, 0.717) is 5.71 Å². The molecule has 0 aliphatic heterocycles. The standard InChI is InChI=1S/C64H71BN2/c1-10-16-57(65(62-47(6)37-43(2)38-48(62)7)63-49(8)39-44(3)40-50(63)9)21-13-17-45(4)46(5)18-14-23-60(66)54-29-27-52(28-30-54)55-26-25-51-35-36-64(41-51,42-55)56-31-33-58(34-32-56)67-61-24-15-20-53-19-11-12-22-59(53)61/h11-15,17-24,26-34,37-40,45,51,66-67H,10,16,25,35-36,41-42H2,1-9H3/b17-13-,23-14-,46-18+,57-21+,66-60?. The molecule has 6 aromatic carbocycles. The van der Waals surface area contributed by atoms with Crippen LogP contribution in [0.25, 0.3) is 16.3 Å². The first-order valence-corrected chi connectivity index (χ1v) is 24.9. The van der Waals surface area contributed by atoms with E-state index in [9.17, 15) is 0 Å². The summed E-state index contributed by atoms with van der Waals surface area (Å²) in [7, 11) is 0. The van der Waals surface area contributed by atoms with E-state index in [0.717, 1.165) is 48.5 Å². The fraction of sp³-hybridized carbons (Fsp3) is 0.297. The molecule has 2 N–H and O–H groups in total. The van der Waals surface area contributed by atoms with Crippen molar-refractivity contribution in [1.29, 1.82) is 5.41 Å². The van der Waals surface area contributed by atoms with Gasteiger partial charge in [0.1, 0.15) is 0 Å². The van der Waals surface area contributed by atoms with Gasteiger partial charge in [-0.3, -0.25) is 0 Å². The fourth-order valence-corrected chi connectivity index (χ4v) is 11.7. The zero-order chi connectivity index (χ0) is 47.2. The molecule has 0 heterocycles. The van der Waals surface area contributed by atoms with E-state index in [2.05, 4.69) is 213 Å². The lowest BCUT2D eigenvalue weighted by Crippen LogP contribution is -2.49. The molecular formula is C64H71BN2. The van der Waals surface area contributed by atoms with Crippen molar-refractivity contribution in [2.45, 2.75) is 113 Å². The SMILES string of the molecule is CCC/C(=C\C=C/C(C)/C(C)=C/C=C\C(=N)c1ccc(C2=CCC3CCC(c4ccc(Nc5cccc6ccccc56)cc4)(C2)C3)cc1)B(c1c(C)cc(C)cc1C)c1c(C)cc(C)cc1C. The number of rotatable bonds is 15. The summed E-state index contributed by atoms with van der Waals surface area (Å²) in [4.78, 5) is 0. The van der Waals surface area contributed by atoms with E-state index in [1.165, 1.54) is 102 Å². The number of fused-ring (bicyclic) bond motifs is 3. The van der Waals surface area contributed by atoms with Crippen LogP contribution in [0.4, 0.5) is 11.4 Å². The normalized spacial score (nSPS) is 18.1. The van der Waals surface area contributed by atoms with Gasteiger partial charge in [0.25, 0.3) is 0 Å². The Balaban J connectivity index is 0.930. The number of nitrogens with one attached hydrogen (secondary N) is 2. The average Bonchev–Trinajstić information content (AvgIpc) is 3.62. The Morgan fingerprint density at radius 1 is 0.776 bits per heavy atom. The fourth-order valence-electron chi connectivity index (χ4n) is 11.7. The molecule has 8 rings (SSSR count). The maximum Gasteiger partial charge on any atom is 0.238 e. The van der Waals surface area contributed by atoms with Crippen LogP contribution >= 0.6 is 0 Å². The van der Waals surface area contributed by atoms with Crippen LogP contribution < -0.4 is 16.2 Å². The molecule has 0 spiro atoms. The van der Waals surface area contributed by atoms with Gasteiger partial charge in [0.2, 0.25) is 6.71 Å². The summed E-state index contributed by atoms with van der Waals surface area (Å²) in [6.45, 7) is 20.6. The van der Waals surface area contributed by atoms with Crippen LogP contribution in [0, 0.1) is 58.8 Å². The van der Waals surface area contributed by atoms with Crippen LogP contribution in [-0.4, -0.2) is 12.4 Å². The molecule has 6 aromatic rings. The first-order chi connectivity index (χ1) is 32.3. The molecule has 1 saturated carbocycles. The van der Waals surface area contributed by atoms with Gasteiger partial charge in [0, 0.05) is 16.8 Å². The highest BCUT2D eigenvalue weighted by Gasteiger charge is 2.42. The summed E-state index contributed by atoms with van der Waals surface area (Å²) in [6, 6.07) is 42.5. The first-order valence-electron chi connectivity index (χ1n) is 24.9. The third kappa shape index (κ3) is 10.7. The Morgan fingerprint density at radius 2 is 1.42 bits per heavy atom. The molecule has 0 saturated heterocycles. The number of anilines is 2. The van der Waals surface area contributed by atoms with Gasteiger partial charge >= 0.3 is 0 Å². The second-order valence-corrected chi connectivity index (χ2v) is 20.2. The van der Waals surface area contributed by atoms with Gasteiger partial charge in [-0.15, -0.1) is 0 Å². The van der Waals surface area contributed by atoms with Crippen LogP contribution in [0.5, 0.6) is 0 Å². The van der Waals surface area contributed by atoms with Gasteiger partial charge in [-0.2, -0.15) is 0 Å². The molecule has 0 radical (unpaired) electrons. The van der Waals surface area contributed by atoms with E-state index >= 15 is 0 Å². The first kappa shape index (κ1) is 47.3. The summed E-state index contributed by atoms with van der Waals surface area (Å²) in [5, 5.41) is 15.2. The van der Waals surface area contributed by atoms with E-state index in [4.69, 9.17) is 5.41 Å². The lowest BCUT2D eigenvalue weighted by Gasteiger charge is -2.31. The topological polar surface area (TPSA) is 35.9 Å². The molecule has 3 unspecified atom stereocenters. The Labute approximate surface area is 403 Å². The molecule has 1 fully saturated rings. The third-order valence-corrected chi connectivity index (χ3v) is 15.1. The summed E-state index contributed by atoms with van der Waals surface area (Å²) >= 11 is 0. The summed E-state index contributed by atoms with van der Waals surface area (Å²) in [5.41, 5.74) is 21.9. The summed E-state index contributed by atoms with van der Waals surface area (Å²) < 4.78 is 0. The van der Waals surface area contributed by atoms with Crippen LogP contribution in [0.3, 0.4) is 0 Å². The number of hydrogen-bond acceptors (Lipinski definition) is 2. The van der Waals surface area contributed by atoms with Crippen LogP contribution in [0.15, 0.2) is 169 Å². The second kappa shape index (κ2) is 20.8. The molecule has 3 atom stereocenters. The van der Waals surface area contributed by atoms with Crippen molar-refractivity contribution in [3.63, 3.8) is 0 Å². The van der Waals surface area contributed by atoms with E-state index in [1.54, 1.807) is 0 Å². The lowest BCUT2D eigenvalue weighted by molar-refractivity contribution is 0.433. The van der Waals surface area contributed by atoms with Gasteiger partial charge < -0.3 is 10.7 Å². The van der Waals surface area contributed by atoms with Crippen molar-refractivity contribution < 1.29 is 0 Å². The van der Waals surface area contributed by atoms with Gasteiger partial charge in [-0.05, 0) is 156 Å². The molecular weight excluding hydrogens is 808 g/mol. The number of hydrogen-bond donors (Lipinski definition) is 2. The van der Waals surface area contributed by atoms with Gasteiger partial charge in [-0.25, -0.2) is 0 Å². The quantitative estimate of drug-likeness (QED) is 0.0602. The number of allylic oxidation sites excluding steroid dienone is 10. The largest absolute Gasteiger partial charge is 0.355 e. The van der Waals surface area contributed by atoms with Crippen molar-refractivity contribution in [2.24, 2.45) is 11.8 Å². The highest BCUT2D eigenvalue weighted by atomic mass is 14.9. The van der Waals surface area contributed by atoms with Crippen molar-refractivity contribution in [2.75, 3.05) is 5.32 Å². The zero-order valence-electron chi connectivity index (χ0n) is 41.7. The highest BCUT2D eigenvalue weighted by Crippen LogP contribution is 2.53. The number of aryl methyl sites for hydroxylation is 6. The molecule has 3 heteroatoms.